The third kappa shape index (κ3) is 4.71. The predicted octanol–water partition coefficient (Wildman–Crippen LogP) is 5.04. The molecule has 27 heavy (non-hydrogen) atoms. The maximum atomic E-state index is 11.0. The average molecular weight is 370 g/mol. The highest BCUT2D eigenvalue weighted by molar-refractivity contribution is 5.35. The molecule has 0 radical (unpaired) electrons. The van der Waals surface area contributed by atoms with E-state index in [1.807, 2.05) is 30.3 Å². The second-order valence-corrected chi connectivity index (χ2v) is 7.06. The van der Waals surface area contributed by atoms with Crippen LogP contribution in [-0.4, -0.2) is 23.7 Å². The van der Waals surface area contributed by atoms with Crippen molar-refractivity contribution in [3.05, 3.63) is 77.8 Å². The zero-order valence-electron chi connectivity index (χ0n) is 16.9. The van der Waals surface area contributed by atoms with Crippen LogP contribution in [0.3, 0.4) is 0 Å². The predicted molar refractivity (Wildman–Crippen MR) is 110 cm³/mol. The summed E-state index contributed by atoms with van der Waals surface area (Å²) in [5, 5.41) is 11.0. The Morgan fingerprint density at radius 2 is 1.78 bits per heavy atom. The minimum atomic E-state index is -1.34. The first-order valence-corrected chi connectivity index (χ1v) is 9.30. The normalized spacial score (nSPS) is 11.6. The van der Waals surface area contributed by atoms with Gasteiger partial charge in [-0.3, -0.25) is 4.90 Å². The summed E-state index contributed by atoms with van der Waals surface area (Å²) in [4.78, 5) is 2.31. The molecule has 146 valence electrons. The molecule has 2 rings (SSSR count). The van der Waals surface area contributed by atoms with E-state index in [1.54, 1.807) is 21.0 Å². The molecule has 4 nitrogen and oxygen atoms in total. The standard InChI is InChI=1S/C23H31NO3/c1-7-14-24(15-19-10-8-9-11-21(19)26-6)16-20-12-13-22(27-20)23(25,17(2)3)18(4)5/h8-13,25H,2,4,7,14-16H2,1,3,5-6H3. The first-order valence-electron chi connectivity index (χ1n) is 9.30. The van der Waals surface area contributed by atoms with E-state index in [1.165, 1.54) is 0 Å². The molecule has 1 heterocycles. The summed E-state index contributed by atoms with van der Waals surface area (Å²) in [5.74, 6) is 2.15. The average Bonchev–Trinajstić information content (AvgIpc) is 3.10. The zero-order valence-corrected chi connectivity index (χ0v) is 16.9. The molecule has 0 saturated heterocycles. The van der Waals surface area contributed by atoms with Gasteiger partial charge in [0, 0.05) is 12.1 Å². The summed E-state index contributed by atoms with van der Waals surface area (Å²) >= 11 is 0. The largest absolute Gasteiger partial charge is 0.496 e. The number of para-hydroxylation sites is 1. The minimum absolute atomic E-state index is 0.464. The van der Waals surface area contributed by atoms with Gasteiger partial charge in [-0.1, -0.05) is 38.3 Å². The Kier molecular flexibility index (Phi) is 7.05. The van der Waals surface area contributed by atoms with Gasteiger partial charge in [-0.2, -0.15) is 0 Å². The molecule has 0 amide bonds. The molecule has 0 bridgehead atoms. The van der Waals surface area contributed by atoms with Gasteiger partial charge in [-0.25, -0.2) is 0 Å². The molecule has 1 aromatic carbocycles. The summed E-state index contributed by atoms with van der Waals surface area (Å²) in [7, 11) is 1.69. The third-order valence-electron chi connectivity index (χ3n) is 4.76. The van der Waals surface area contributed by atoms with Crippen molar-refractivity contribution in [3.63, 3.8) is 0 Å². The van der Waals surface area contributed by atoms with Crippen molar-refractivity contribution >= 4 is 0 Å². The smallest absolute Gasteiger partial charge is 0.163 e. The highest BCUT2D eigenvalue weighted by Crippen LogP contribution is 2.36. The van der Waals surface area contributed by atoms with Crippen molar-refractivity contribution < 1.29 is 14.3 Å². The maximum Gasteiger partial charge on any atom is 0.163 e. The molecule has 0 aliphatic rings. The number of benzene rings is 1. The Hall–Kier alpha value is -2.30. The second-order valence-electron chi connectivity index (χ2n) is 7.06. The molecule has 0 fully saturated rings. The quantitative estimate of drug-likeness (QED) is 0.596. The first-order chi connectivity index (χ1) is 12.8. The fourth-order valence-corrected chi connectivity index (χ4v) is 3.27. The van der Waals surface area contributed by atoms with Crippen LogP contribution in [0.4, 0.5) is 0 Å². The lowest BCUT2D eigenvalue weighted by Gasteiger charge is -2.27. The van der Waals surface area contributed by atoms with E-state index in [4.69, 9.17) is 9.15 Å². The van der Waals surface area contributed by atoms with Crippen LogP contribution in [0.15, 0.2) is 65.1 Å². The van der Waals surface area contributed by atoms with E-state index in [0.29, 0.717) is 23.5 Å². The highest BCUT2D eigenvalue weighted by Gasteiger charge is 2.34. The van der Waals surface area contributed by atoms with Gasteiger partial charge in [0.05, 0.1) is 13.7 Å². The number of furan rings is 1. The van der Waals surface area contributed by atoms with E-state index in [0.717, 1.165) is 36.6 Å². The molecular weight excluding hydrogens is 338 g/mol. The number of aliphatic hydroxyl groups is 1. The van der Waals surface area contributed by atoms with Crippen LogP contribution in [0.5, 0.6) is 5.75 Å². The van der Waals surface area contributed by atoms with E-state index in [9.17, 15) is 5.11 Å². The van der Waals surface area contributed by atoms with Gasteiger partial charge in [-0.15, -0.1) is 0 Å². The number of hydrogen-bond acceptors (Lipinski definition) is 4. The highest BCUT2D eigenvalue weighted by atomic mass is 16.5. The topological polar surface area (TPSA) is 45.8 Å². The Bertz CT molecular complexity index is 776. The second kappa shape index (κ2) is 9.07. The summed E-state index contributed by atoms with van der Waals surface area (Å²) in [6.45, 7) is 15.9. The Morgan fingerprint density at radius 1 is 1.11 bits per heavy atom. The fourth-order valence-electron chi connectivity index (χ4n) is 3.27. The van der Waals surface area contributed by atoms with E-state index in [2.05, 4.69) is 31.0 Å². The Balaban J connectivity index is 2.21. The lowest BCUT2D eigenvalue weighted by molar-refractivity contribution is 0.0878. The monoisotopic (exact) mass is 369 g/mol. The summed E-state index contributed by atoms with van der Waals surface area (Å²) in [5.41, 5.74) is 0.988. The molecule has 1 N–H and O–H groups in total. The number of nitrogens with zero attached hydrogens (tertiary/aromatic N) is 1. The lowest BCUT2D eigenvalue weighted by atomic mass is 9.87. The molecule has 4 heteroatoms. The van der Waals surface area contributed by atoms with Crippen LogP contribution in [0.2, 0.25) is 0 Å². The summed E-state index contributed by atoms with van der Waals surface area (Å²) < 4.78 is 11.5. The van der Waals surface area contributed by atoms with Gasteiger partial charge in [0.1, 0.15) is 17.3 Å². The van der Waals surface area contributed by atoms with Crippen molar-refractivity contribution in [2.75, 3.05) is 13.7 Å². The molecule has 0 unspecified atom stereocenters. The van der Waals surface area contributed by atoms with Crippen LogP contribution >= 0.6 is 0 Å². The molecular formula is C23H31NO3. The van der Waals surface area contributed by atoms with Crippen LogP contribution in [0, 0.1) is 0 Å². The van der Waals surface area contributed by atoms with E-state index >= 15 is 0 Å². The molecule has 0 aliphatic heterocycles. The van der Waals surface area contributed by atoms with Gasteiger partial charge in [-0.05, 0) is 56.2 Å². The summed E-state index contributed by atoms with van der Waals surface area (Å²) in [6, 6.07) is 11.8. The maximum absolute atomic E-state index is 11.0. The van der Waals surface area contributed by atoms with E-state index in [-0.39, 0.29) is 0 Å². The number of rotatable bonds is 10. The van der Waals surface area contributed by atoms with Crippen LogP contribution < -0.4 is 4.74 Å². The minimum Gasteiger partial charge on any atom is -0.496 e. The molecule has 0 saturated carbocycles. The molecule has 1 aromatic heterocycles. The Morgan fingerprint density at radius 3 is 2.37 bits per heavy atom. The number of methoxy groups -OCH3 is 1. The van der Waals surface area contributed by atoms with Crippen molar-refractivity contribution in [2.24, 2.45) is 0 Å². The Labute approximate surface area is 162 Å². The van der Waals surface area contributed by atoms with Crippen LogP contribution in [0.25, 0.3) is 0 Å². The van der Waals surface area contributed by atoms with Crippen molar-refractivity contribution in [2.45, 2.75) is 45.9 Å². The molecule has 0 aliphatic carbocycles. The van der Waals surface area contributed by atoms with E-state index < -0.39 is 5.60 Å². The SMILES string of the molecule is C=C(C)C(O)(C(=C)C)c1ccc(CN(CCC)Cc2ccccc2OC)o1. The van der Waals surface area contributed by atoms with Gasteiger partial charge in [0.25, 0.3) is 0 Å². The molecule has 2 aromatic rings. The molecule has 0 spiro atoms. The summed E-state index contributed by atoms with van der Waals surface area (Å²) in [6.07, 6.45) is 1.03. The van der Waals surface area contributed by atoms with Gasteiger partial charge in [0.15, 0.2) is 5.60 Å². The van der Waals surface area contributed by atoms with Gasteiger partial charge in [0.2, 0.25) is 0 Å². The number of hydrogen-bond donors (Lipinski definition) is 1. The fraction of sp³-hybridized carbons (Fsp3) is 0.391. The third-order valence-corrected chi connectivity index (χ3v) is 4.76. The first kappa shape index (κ1) is 21.0. The van der Waals surface area contributed by atoms with Crippen molar-refractivity contribution in [1.82, 2.24) is 4.90 Å². The number of ether oxygens (including phenoxy) is 1. The molecule has 0 atom stereocenters. The van der Waals surface area contributed by atoms with Crippen LogP contribution in [-0.2, 0) is 18.7 Å². The van der Waals surface area contributed by atoms with Crippen molar-refractivity contribution in [1.29, 1.82) is 0 Å². The van der Waals surface area contributed by atoms with Crippen LogP contribution in [0.1, 0.15) is 44.3 Å². The van der Waals surface area contributed by atoms with Gasteiger partial charge < -0.3 is 14.3 Å². The van der Waals surface area contributed by atoms with Crippen molar-refractivity contribution in [3.8, 4) is 5.75 Å². The van der Waals surface area contributed by atoms with Gasteiger partial charge >= 0.3 is 0 Å². The zero-order chi connectivity index (χ0) is 20.0. The lowest BCUT2D eigenvalue weighted by Crippen LogP contribution is -2.27.